The molecule has 6 nitrogen and oxygen atoms in total. The fourth-order valence-corrected chi connectivity index (χ4v) is 3.58. The maximum Gasteiger partial charge on any atom is 0.337 e. The van der Waals surface area contributed by atoms with Gasteiger partial charge in [0.15, 0.2) is 0 Å². The number of carbonyl (C=O) groups excluding carboxylic acids is 1. The summed E-state index contributed by atoms with van der Waals surface area (Å²) in [5.41, 5.74) is 11.6. The Balaban J connectivity index is 1.88. The Hall–Kier alpha value is -2.96. The van der Waals surface area contributed by atoms with Gasteiger partial charge in [0.25, 0.3) is 0 Å². The van der Waals surface area contributed by atoms with Gasteiger partial charge >= 0.3 is 5.97 Å². The number of carbonyl (C=O) groups is 1. The standard InChI is InChI=1S/C25H32N4O2/c1-28(2)16-6-7-19-11-13-20(14-12-19)24-22(9-5-15-26)18-29(27-24)23-10-4-8-21(17-23)25(30)31-3/h4,8,10-14,17-18H,5-7,9,15-16,26H2,1-3H3. The van der Waals surface area contributed by atoms with Crippen LogP contribution in [-0.2, 0) is 17.6 Å². The summed E-state index contributed by atoms with van der Waals surface area (Å²) in [4.78, 5) is 14.1. The molecule has 31 heavy (non-hydrogen) atoms. The number of esters is 1. The first-order valence-corrected chi connectivity index (χ1v) is 10.7. The molecule has 0 fully saturated rings. The number of hydrogen-bond acceptors (Lipinski definition) is 5. The molecule has 1 aromatic heterocycles. The van der Waals surface area contributed by atoms with Crippen LogP contribution in [0.5, 0.6) is 0 Å². The summed E-state index contributed by atoms with van der Waals surface area (Å²) in [6.45, 7) is 1.72. The monoisotopic (exact) mass is 420 g/mol. The third kappa shape index (κ3) is 6.03. The average Bonchev–Trinajstić information content (AvgIpc) is 3.21. The van der Waals surface area contributed by atoms with Gasteiger partial charge in [-0.3, -0.25) is 0 Å². The Morgan fingerprint density at radius 3 is 2.55 bits per heavy atom. The van der Waals surface area contributed by atoms with Crippen LogP contribution >= 0.6 is 0 Å². The van der Waals surface area contributed by atoms with Crippen LogP contribution in [0.2, 0.25) is 0 Å². The number of aryl methyl sites for hydroxylation is 2. The fraction of sp³-hybridized carbons (Fsp3) is 0.360. The summed E-state index contributed by atoms with van der Waals surface area (Å²) in [7, 11) is 5.59. The molecule has 0 atom stereocenters. The lowest BCUT2D eigenvalue weighted by Gasteiger charge is -2.09. The molecule has 0 aliphatic heterocycles. The minimum atomic E-state index is -0.359. The summed E-state index contributed by atoms with van der Waals surface area (Å²) < 4.78 is 6.68. The van der Waals surface area contributed by atoms with Gasteiger partial charge in [-0.15, -0.1) is 0 Å². The number of aromatic nitrogens is 2. The molecule has 0 saturated carbocycles. The van der Waals surface area contributed by atoms with Gasteiger partial charge in [-0.1, -0.05) is 30.3 Å². The molecule has 0 aliphatic carbocycles. The number of rotatable bonds is 10. The Morgan fingerprint density at radius 2 is 1.87 bits per heavy atom. The fourth-order valence-electron chi connectivity index (χ4n) is 3.58. The van der Waals surface area contributed by atoms with Crippen molar-refractivity contribution in [2.45, 2.75) is 25.7 Å². The molecule has 164 valence electrons. The van der Waals surface area contributed by atoms with Crippen molar-refractivity contribution in [3.63, 3.8) is 0 Å². The molecule has 6 heteroatoms. The van der Waals surface area contributed by atoms with Crippen LogP contribution in [0.3, 0.4) is 0 Å². The minimum absolute atomic E-state index is 0.359. The highest BCUT2D eigenvalue weighted by molar-refractivity contribution is 5.89. The van der Waals surface area contributed by atoms with Gasteiger partial charge < -0.3 is 15.4 Å². The topological polar surface area (TPSA) is 73.4 Å². The molecule has 0 radical (unpaired) electrons. The summed E-state index contributed by atoms with van der Waals surface area (Å²) >= 11 is 0. The summed E-state index contributed by atoms with van der Waals surface area (Å²) in [6, 6.07) is 16.0. The van der Waals surface area contributed by atoms with Crippen LogP contribution < -0.4 is 5.73 Å². The normalized spacial score (nSPS) is 11.1. The van der Waals surface area contributed by atoms with E-state index in [-0.39, 0.29) is 5.97 Å². The molecule has 0 aliphatic rings. The van der Waals surface area contributed by atoms with Gasteiger partial charge in [-0.2, -0.15) is 5.10 Å². The predicted octanol–water partition coefficient (Wildman–Crippen LogP) is 3.71. The van der Waals surface area contributed by atoms with Gasteiger partial charge in [0.1, 0.15) is 0 Å². The number of nitrogens with two attached hydrogens (primary N) is 1. The predicted molar refractivity (Wildman–Crippen MR) is 125 cm³/mol. The maximum absolute atomic E-state index is 11.9. The summed E-state index contributed by atoms with van der Waals surface area (Å²) in [5.74, 6) is -0.359. The zero-order valence-electron chi connectivity index (χ0n) is 18.7. The molecule has 0 unspecified atom stereocenters. The zero-order valence-corrected chi connectivity index (χ0v) is 18.7. The van der Waals surface area contributed by atoms with Gasteiger partial charge in [-0.25, -0.2) is 9.48 Å². The number of methoxy groups -OCH3 is 1. The quantitative estimate of drug-likeness (QED) is 0.506. The van der Waals surface area contributed by atoms with E-state index in [4.69, 9.17) is 15.6 Å². The Morgan fingerprint density at radius 1 is 1.10 bits per heavy atom. The lowest BCUT2D eigenvalue weighted by Crippen LogP contribution is -2.13. The second-order valence-corrected chi connectivity index (χ2v) is 7.99. The van der Waals surface area contributed by atoms with Gasteiger partial charge in [0, 0.05) is 11.8 Å². The van der Waals surface area contributed by atoms with Gasteiger partial charge in [-0.05, 0) is 82.2 Å². The Labute approximate surface area is 184 Å². The van der Waals surface area contributed by atoms with Crippen molar-refractivity contribution in [3.05, 3.63) is 71.4 Å². The zero-order chi connectivity index (χ0) is 22.2. The van der Waals surface area contributed by atoms with E-state index < -0.39 is 0 Å². The second-order valence-electron chi connectivity index (χ2n) is 7.99. The molecule has 0 saturated heterocycles. The van der Waals surface area contributed by atoms with E-state index in [2.05, 4.69) is 43.3 Å². The highest BCUT2D eigenvalue weighted by Crippen LogP contribution is 2.26. The minimum Gasteiger partial charge on any atom is -0.465 e. The van der Waals surface area contributed by atoms with Crippen LogP contribution in [-0.4, -0.2) is 54.9 Å². The number of nitrogens with zero attached hydrogens (tertiary/aromatic N) is 3. The molecule has 3 aromatic rings. The average molecular weight is 421 g/mol. The second kappa shape index (κ2) is 10.9. The maximum atomic E-state index is 11.9. The molecule has 2 N–H and O–H groups in total. The van der Waals surface area contributed by atoms with Crippen LogP contribution in [0.1, 0.15) is 34.3 Å². The molecule has 0 bridgehead atoms. The molecule has 2 aromatic carbocycles. The van der Waals surface area contributed by atoms with Crippen LogP contribution in [0.15, 0.2) is 54.7 Å². The van der Waals surface area contributed by atoms with Crippen molar-refractivity contribution < 1.29 is 9.53 Å². The van der Waals surface area contributed by atoms with Crippen molar-refractivity contribution in [2.75, 3.05) is 34.3 Å². The molecular weight excluding hydrogens is 388 g/mol. The molecule has 3 rings (SSSR count). The largest absolute Gasteiger partial charge is 0.465 e. The van der Waals surface area contributed by atoms with Crippen molar-refractivity contribution in [2.24, 2.45) is 5.73 Å². The SMILES string of the molecule is COC(=O)c1cccc(-n2cc(CCCN)c(-c3ccc(CCCN(C)C)cc3)n2)c1. The molecule has 0 spiro atoms. The van der Waals surface area contributed by atoms with Crippen molar-refractivity contribution in [3.8, 4) is 16.9 Å². The highest BCUT2D eigenvalue weighted by Gasteiger charge is 2.14. The first-order chi connectivity index (χ1) is 15.0. The number of hydrogen-bond donors (Lipinski definition) is 1. The van der Waals surface area contributed by atoms with E-state index >= 15 is 0 Å². The lowest BCUT2D eigenvalue weighted by atomic mass is 10.0. The first-order valence-electron chi connectivity index (χ1n) is 10.7. The molecule has 1 heterocycles. The lowest BCUT2D eigenvalue weighted by molar-refractivity contribution is 0.0600. The third-order valence-electron chi connectivity index (χ3n) is 5.27. The van der Waals surface area contributed by atoms with Crippen molar-refractivity contribution in [1.82, 2.24) is 14.7 Å². The van der Waals surface area contributed by atoms with E-state index in [1.165, 1.54) is 12.7 Å². The molecular formula is C25H32N4O2. The van der Waals surface area contributed by atoms with Crippen LogP contribution in [0.4, 0.5) is 0 Å². The van der Waals surface area contributed by atoms with Crippen LogP contribution in [0.25, 0.3) is 16.9 Å². The first kappa shape index (κ1) is 22.7. The smallest absolute Gasteiger partial charge is 0.337 e. The number of ether oxygens (including phenoxy) is 1. The third-order valence-corrected chi connectivity index (χ3v) is 5.27. The Bertz CT molecular complexity index is 993. The van der Waals surface area contributed by atoms with E-state index in [9.17, 15) is 4.79 Å². The van der Waals surface area contributed by atoms with E-state index in [0.29, 0.717) is 12.1 Å². The van der Waals surface area contributed by atoms with Crippen molar-refractivity contribution >= 4 is 5.97 Å². The highest BCUT2D eigenvalue weighted by atomic mass is 16.5. The van der Waals surface area contributed by atoms with Crippen LogP contribution in [0, 0.1) is 0 Å². The van der Waals surface area contributed by atoms with Gasteiger partial charge in [0.05, 0.1) is 24.1 Å². The van der Waals surface area contributed by atoms with E-state index in [1.807, 2.05) is 23.0 Å². The van der Waals surface area contributed by atoms with Gasteiger partial charge in [0.2, 0.25) is 0 Å². The van der Waals surface area contributed by atoms with E-state index in [1.54, 1.807) is 12.1 Å². The summed E-state index contributed by atoms with van der Waals surface area (Å²) in [5, 5.41) is 4.86. The van der Waals surface area contributed by atoms with E-state index in [0.717, 1.165) is 54.7 Å². The van der Waals surface area contributed by atoms with Crippen molar-refractivity contribution in [1.29, 1.82) is 0 Å². The summed E-state index contributed by atoms with van der Waals surface area (Å²) in [6.07, 6.45) is 5.98. The number of benzene rings is 2. The molecule has 0 amide bonds. The Kier molecular flexibility index (Phi) is 7.98.